The molecule has 2 N–H and O–H groups in total. The molecule has 1 aromatic rings. The van der Waals surface area contributed by atoms with Crippen LogP contribution in [0.4, 0.5) is 0 Å². The molecular weight excluding hydrogens is 376 g/mol. The molecule has 1 aromatic carbocycles. The van der Waals surface area contributed by atoms with Crippen molar-refractivity contribution in [2.45, 2.75) is 63.6 Å². The Kier molecular flexibility index (Phi) is 7.86. The summed E-state index contributed by atoms with van der Waals surface area (Å²) in [5.74, 6) is 0.732. The maximum Gasteiger partial charge on any atom is 0.243 e. The molecule has 8 heteroatoms. The van der Waals surface area contributed by atoms with E-state index in [1.54, 1.807) is 19.2 Å². The highest BCUT2D eigenvalue weighted by molar-refractivity contribution is 7.89. The van der Waals surface area contributed by atoms with Gasteiger partial charge in [0.25, 0.3) is 0 Å². The van der Waals surface area contributed by atoms with Crippen molar-refractivity contribution >= 4 is 16.0 Å². The number of nitrogens with zero attached hydrogens (tertiary/aromatic N) is 2. The van der Waals surface area contributed by atoms with Crippen LogP contribution in [0.15, 0.2) is 34.2 Å². The van der Waals surface area contributed by atoms with Crippen LogP contribution in [-0.2, 0) is 21.3 Å². The highest BCUT2D eigenvalue weighted by Gasteiger charge is 2.29. The van der Waals surface area contributed by atoms with Gasteiger partial charge in [-0.25, -0.2) is 13.4 Å². The first-order valence-electron chi connectivity index (χ1n) is 9.91. The van der Waals surface area contributed by atoms with Crippen molar-refractivity contribution in [1.82, 2.24) is 14.9 Å². The summed E-state index contributed by atoms with van der Waals surface area (Å²) in [7, 11) is -1.86. The van der Waals surface area contributed by atoms with Gasteiger partial charge in [-0.1, -0.05) is 12.1 Å². The van der Waals surface area contributed by atoms with E-state index in [4.69, 9.17) is 4.74 Å². The molecule has 0 saturated carbocycles. The number of hydrogen-bond donors (Lipinski definition) is 2. The number of hydrogen-bond acceptors (Lipinski definition) is 4. The maximum absolute atomic E-state index is 12.5. The van der Waals surface area contributed by atoms with Crippen LogP contribution in [0.3, 0.4) is 0 Å². The van der Waals surface area contributed by atoms with Gasteiger partial charge in [-0.2, -0.15) is 4.31 Å². The molecule has 0 spiro atoms. The summed E-state index contributed by atoms with van der Waals surface area (Å²) in [5.41, 5.74) is 0.806. The van der Waals surface area contributed by atoms with Crippen molar-refractivity contribution < 1.29 is 13.2 Å². The minimum Gasteiger partial charge on any atom is -0.373 e. The van der Waals surface area contributed by atoms with Gasteiger partial charge in [0.2, 0.25) is 10.0 Å². The molecule has 1 atom stereocenters. The number of rotatable bonds is 8. The van der Waals surface area contributed by atoms with Gasteiger partial charge in [-0.05, 0) is 58.2 Å². The standard InChI is InChI=1S/C20H34N4O3S/c1-6-21-19(23-15-20(4)12-7-13-27-20)22-14-17-8-10-18(11-9-17)28(25,26)24(5)16(2)3/h8-11,16H,6-7,12-15H2,1-5H3,(H2,21,22,23). The molecule has 28 heavy (non-hydrogen) atoms. The summed E-state index contributed by atoms with van der Waals surface area (Å²) in [6, 6.07) is 6.83. The molecule has 0 bridgehead atoms. The van der Waals surface area contributed by atoms with E-state index in [1.165, 1.54) is 4.31 Å². The number of guanidine groups is 1. The normalized spacial score (nSPS) is 20.8. The summed E-state index contributed by atoms with van der Waals surface area (Å²) >= 11 is 0. The second-order valence-electron chi connectivity index (χ2n) is 7.71. The molecule has 7 nitrogen and oxygen atoms in total. The number of nitrogens with one attached hydrogen (secondary N) is 2. The highest BCUT2D eigenvalue weighted by atomic mass is 32.2. The van der Waals surface area contributed by atoms with E-state index in [2.05, 4.69) is 22.5 Å². The van der Waals surface area contributed by atoms with E-state index in [-0.39, 0.29) is 11.6 Å². The van der Waals surface area contributed by atoms with E-state index in [9.17, 15) is 8.42 Å². The van der Waals surface area contributed by atoms with Crippen molar-refractivity contribution in [3.05, 3.63) is 29.8 Å². The van der Waals surface area contributed by atoms with Crippen LogP contribution < -0.4 is 10.6 Å². The first kappa shape index (κ1) is 22.6. The molecule has 0 aliphatic carbocycles. The largest absolute Gasteiger partial charge is 0.373 e. The minimum absolute atomic E-state index is 0.0891. The lowest BCUT2D eigenvalue weighted by atomic mass is 10.0. The maximum atomic E-state index is 12.5. The topological polar surface area (TPSA) is 83.0 Å². The van der Waals surface area contributed by atoms with Gasteiger partial charge in [0.15, 0.2) is 5.96 Å². The van der Waals surface area contributed by atoms with Crippen LogP contribution in [0, 0.1) is 0 Å². The average molecular weight is 411 g/mol. The average Bonchev–Trinajstić information content (AvgIpc) is 3.10. The Morgan fingerprint density at radius 2 is 1.96 bits per heavy atom. The summed E-state index contributed by atoms with van der Waals surface area (Å²) in [6.45, 7) is 10.6. The van der Waals surface area contributed by atoms with E-state index in [1.807, 2.05) is 32.9 Å². The zero-order chi connectivity index (χ0) is 20.8. The van der Waals surface area contributed by atoms with Crippen LogP contribution >= 0.6 is 0 Å². The van der Waals surface area contributed by atoms with Crippen molar-refractivity contribution in [3.63, 3.8) is 0 Å². The van der Waals surface area contributed by atoms with Gasteiger partial charge in [0, 0.05) is 32.8 Å². The first-order chi connectivity index (χ1) is 13.2. The Morgan fingerprint density at radius 3 is 2.50 bits per heavy atom. The zero-order valence-electron chi connectivity index (χ0n) is 17.7. The molecule has 1 saturated heterocycles. The lowest BCUT2D eigenvalue weighted by Crippen LogP contribution is -2.45. The minimum atomic E-state index is -3.46. The molecular formula is C20H34N4O3S. The van der Waals surface area contributed by atoms with E-state index in [0.29, 0.717) is 18.0 Å². The predicted octanol–water partition coefficient (Wildman–Crippen LogP) is 2.34. The second kappa shape index (κ2) is 9.71. The van der Waals surface area contributed by atoms with E-state index in [0.717, 1.165) is 37.5 Å². The molecule has 1 aliphatic rings. The Bertz CT molecular complexity index is 754. The van der Waals surface area contributed by atoms with Gasteiger partial charge >= 0.3 is 0 Å². The predicted molar refractivity (Wildman–Crippen MR) is 113 cm³/mol. The molecule has 1 unspecified atom stereocenters. The summed E-state index contributed by atoms with van der Waals surface area (Å²) in [6.07, 6.45) is 2.13. The third kappa shape index (κ3) is 5.93. The van der Waals surface area contributed by atoms with Crippen LogP contribution in [0.1, 0.15) is 46.1 Å². The third-order valence-electron chi connectivity index (χ3n) is 5.02. The van der Waals surface area contributed by atoms with Crippen molar-refractivity contribution in [3.8, 4) is 0 Å². The Balaban J connectivity index is 2.02. The van der Waals surface area contributed by atoms with Gasteiger partial charge in [0.1, 0.15) is 0 Å². The molecule has 1 aliphatic heterocycles. The molecule has 0 aromatic heterocycles. The third-order valence-corrected chi connectivity index (χ3v) is 7.07. The Morgan fingerprint density at radius 1 is 1.29 bits per heavy atom. The summed E-state index contributed by atoms with van der Waals surface area (Å²) in [4.78, 5) is 4.91. The molecule has 1 fully saturated rings. The SMILES string of the molecule is CCNC(=NCc1ccc(S(=O)(=O)N(C)C(C)C)cc1)NCC1(C)CCCO1. The number of sulfonamides is 1. The number of aliphatic imine (C=N–C) groups is 1. The van der Waals surface area contributed by atoms with Crippen molar-refractivity contribution in [2.24, 2.45) is 4.99 Å². The van der Waals surface area contributed by atoms with E-state index < -0.39 is 10.0 Å². The molecule has 0 amide bonds. The lowest BCUT2D eigenvalue weighted by Gasteiger charge is -2.24. The molecule has 1 heterocycles. The molecule has 2 rings (SSSR count). The monoisotopic (exact) mass is 410 g/mol. The molecule has 158 valence electrons. The van der Waals surface area contributed by atoms with Gasteiger partial charge in [0.05, 0.1) is 17.0 Å². The molecule has 0 radical (unpaired) electrons. The second-order valence-corrected chi connectivity index (χ2v) is 9.71. The summed E-state index contributed by atoms with van der Waals surface area (Å²) < 4.78 is 32.3. The number of ether oxygens (including phenoxy) is 1. The Labute approximate surface area is 169 Å². The van der Waals surface area contributed by atoms with Crippen LogP contribution in [0.25, 0.3) is 0 Å². The van der Waals surface area contributed by atoms with Crippen LogP contribution in [-0.4, -0.2) is 57.1 Å². The lowest BCUT2D eigenvalue weighted by molar-refractivity contribution is 0.0243. The van der Waals surface area contributed by atoms with Crippen molar-refractivity contribution in [1.29, 1.82) is 0 Å². The van der Waals surface area contributed by atoms with Gasteiger partial charge in [-0.15, -0.1) is 0 Å². The Hall–Kier alpha value is -1.64. The first-order valence-corrected chi connectivity index (χ1v) is 11.3. The quantitative estimate of drug-likeness (QED) is 0.508. The van der Waals surface area contributed by atoms with Crippen molar-refractivity contribution in [2.75, 3.05) is 26.7 Å². The van der Waals surface area contributed by atoms with E-state index >= 15 is 0 Å². The van der Waals surface area contributed by atoms with Crippen LogP contribution in [0.5, 0.6) is 0 Å². The fourth-order valence-electron chi connectivity index (χ4n) is 2.97. The fraction of sp³-hybridized carbons (Fsp3) is 0.650. The number of benzene rings is 1. The summed E-state index contributed by atoms with van der Waals surface area (Å²) in [5, 5.41) is 6.59. The highest BCUT2D eigenvalue weighted by Crippen LogP contribution is 2.23. The van der Waals surface area contributed by atoms with Gasteiger partial charge in [-0.3, -0.25) is 0 Å². The smallest absolute Gasteiger partial charge is 0.243 e. The fourth-order valence-corrected chi connectivity index (χ4v) is 4.34. The van der Waals surface area contributed by atoms with Crippen LogP contribution in [0.2, 0.25) is 0 Å². The zero-order valence-corrected chi connectivity index (χ0v) is 18.5. The van der Waals surface area contributed by atoms with Gasteiger partial charge < -0.3 is 15.4 Å².